The maximum atomic E-state index is 13.1. The van der Waals surface area contributed by atoms with Crippen molar-refractivity contribution in [2.24, 2.45) is 50.7 Å². The van der Waals surface area contributed by atoms with Crippen molar-refractivity contribution in [2.45, 2.75) is 112 Å². The minimum absolute atomic E-state index is 0.00772. The number of aliphatic hydroxyl groups is 1. The van der Waals surface area contributed by atoms with E-state index in [4.69, 9.17) is 9.47 Å². The molecule has 5 aliphatic rings. The number of aliphatic hydroxyl groups excluding tert-OH is 1. The van der Waals surface area contributed by atoms with Crippen LogP contribution in [-0.4, -0.2) is 46.6 Å². The molecular weight excluding hydrogens is 580 g/mol. The van der Waals surface area contributed by atoms with Gasteiger partial charge < -0.3 is 24.8 Å². The number of aliphatic carboxylic acids is 1. The van der Waals surface area contributed by atoms with Crippen LogP contribution in [0.1, 0.15) is 105 Å². The molecule has 0 spiro atoms. The van der Waals surface area contributed by atoms with Crippen LogP contribution >= 0.6 is 0 Å². The Labute approximate surface area is 274 Å². The first-order valence-electron chi connectivity index (χ1n) is 17.4. The van der Waals surface area contributed by atoms with Crippen molar-refractivity contribution in [1.29, 1.82) is 0 Å². The third-order valence-corrected chi connectivity index (χ3v) is 14.6. The number of methoxy groups -OCH3 is 1. The standard InChI is InChI=1S/C39H54O7/c1-23-9-8-17-39(34(43)44)20-19-37(5)25(32(23)39)12-14-30-36(4)22-27(41)33(35(2,3)29(36)16-18-38(30,37)6)46-31(42)15-11-24-10-13-28(45-7)26(40)21-24/h10-13,15,21,23,27,29-30,32-33,40-41H,8-9,14,16-20,22H2,1-7H3,(H,43,44)/b15-11+/t23-,27+,29?,30?,32-,33+,36-,37+,38+,39-/m0/s1. The summed E-state index contributed by atoms with van der Waals surface area (Å²) in [5, 5.41) is 32.5. The summed E-state index contributed by atoms with van der Waals surface area (Å²) in [4.78, 5) is 26.0. The second-order valence-electron chi connectivity index (χ2n) is 16.8. The van der Waals surface area contributed by atoms with E-state index < -0.39 is 35.0 Å². The van der Waals surface area contributed by atoms with Gasteiger partial charge in [-0.05, 0) is 109 Å². The number of carbonyl (C=O) groups excluding carboxylic acids is 1. The van der Waals surface area contributed by atoms with Crippen LogP contribution in [0.25, 0.3) is 6.08 Å². The van der Waals surface area contributed by atoms with E-state index in [0.717, 1.165) is 51.4 Å². The number of phenolic OH excluding ortho intramolecular Hbond substituents is 1. The number of hydrogen-bond donors (Lipinski definition) is 3. The van der Waals surface area contributed by atoms with Gasteiger partial charge in [0.15, 0.2) is 11.5 Å². The first-order valence-corrected chi connectivity index (χ1v) is 17.4. The maximum Gasteiger partial charge on any atom is 0.331 e. The molecule has 1 aromatic rings. The lowest BCUT2D eigenvalue weighted by atomic mass is 9.33. The normalized spacial score (nSPS) is 42.9. The molecule has 46 heavy (non-hydrogen) atoms. The number of phenols is 1. The van der Waals surface area contributed by atoms with Gasteiger partial charge in [-0.3, -0.25) is 4.79 Å². The van der Waals surface area contributed by atoms with Crippen LogP contribution in [0.5, 0.6) is 11.5 Å². The molecule has 7 nitrogen and oxygen atoms in total. The van der Waals surface area contributed by atoms with Crippen LogP contribution in [0, 0.1) is 50.7 Å². The summed E-state index contributed by atoms with van der Waals surface area (Å²) in [6.45, 7) is 13.9. The molecule has 10 atom stereocenters. The Balaban J connectivity index is 1.27. The van der Waals surface area contributed by atoms with Gasteiger partial charge in [0, 0.05) is 11.5 Å². The monoisotopic (exact) mass is 634 g/mol. The van der Waals surface area contributed by atoms with E-state index >= 15 is 0 Å². The molecular formula is C39H54O7. The van der Waals surface area contributed by atoms with Crippen LogP contribution in [-0.2, 0) is 14.3 Å². The Morgan fingerprint density at radius 1 is 1.00 bits per heavy atom. The fourth-order valence-electron chi connectivity index (χ4n) is 12.2. The third kappa shape index (κ3) is 4.61. The summed E-state index contributed by atoms with van der Waals surface area (Å²) in [5.74, 6) is 0.257. The number of rotatable bonds is 5. The van der Waals surface area contributed by atoms with Crippen LogP contribution in [0.4, 0.5) is 0 Å². The summed E-state index contributed by atoms with van der Waals surface area (Å²) in [7, 11) is 1.48. The molecule has 6 rings (SSSR count). The van der Waals surface area contributed by atoms with Crippen molar-refractivity contribution >= 4 is 18.0 Å². The second kappa shape index (κ2) is 11.1. The lowest BCUT2D eigenvalue weighted by Gasteiger charge is -2.71. The molecule has 4 fully saturated rings. The minimum atomic E-state index is -0.802. The number of ether oxygens (including phenoxy) is 2. The first-order chi connectivity index (χ1) is 21.5. The number of carboxylic acids is 1. The fourth-order valence-corrected chi connectivity index (χ4v) is 12.2. The zero-order valence-corrected chi connectivity index (χ0v) is 28.8. The molecule has 0 radical (unpaired) electrons. The predicted molar refractivity (Wildman–Crippen MR) is 177 cm³/mol. The van der Waals surface area contributed by atoms with E-state index in [0.29, 0.717) is 29.6 Å². The molecule has 7 heteroatoms. The van der Waals surface area contributed by atoms with Crippen molar-refractivity contribution < 1.29 is 34.4 Å². The van der Waals surface area contributed by atoms with Gasteiger partial charge in [-0.25, -0.2) is 4.79 Å². The Hall–Kier alpha value is -2.80. The van der Waals surface area contributed by atoms with E-state index in [2.05, 4.69) is 47.6 Å². The van der Waals surface area contributed by atoms with Crippen molar-refractivity contribution in [3.63, 3.8) is 0 Å². The van der Waals surface area contributed by atoms with Gasteiger partial charge in [-0.15, -0.1) is 0 Å². The highest BCUT2D eigenvalue weighted by Crippen LogP contribution is 2.75. The molecule has 0 heterocycles. The average Bonchev–Trinajstić information content (AvgIpc) is 2.98. The quantitative estimate of drug-likeness (QED) is 0.172. The third-order valence-electron chi connectivity index (χ3n) is 14.6. The van der Waals surface area contributed by atoms with Gasteiger partial charge in [0.25, 0.3) is 0 Å². The largest absolute Gasteiger partial charge is 0.504 e. The van der Waals surface area contributed by atoms with Gasteiger partial charge in [0.05, 0.1) is 18.6 Å². The second-order valence-corrected chi connectivity index (χ2v) is 16.8. The number of aromatic hydroxyl groups is 1. The van der Waals surface area contributed by atoms with E-state index in [9.17, 15) is 24.9 Å². The summed E-state index contributed by atoms with van der Waals surface area (Å²) >= 11 is 0. The number of carboxylic acid groups (broad SMARTS) is 1. The highest BCUT2D eigenvalue weighted by Gasteiger charge is 2.70. The summed E-state index contributed by atoms with van der Waals surface area (Å²) in [6, 6.07) is 4.92. The fraction of sp³-hybridized carbons (Fsp3) is 0.692. The zero-order chi connectivity index (χ0) is 33.4. The average molecular weight is 635 g/mol. The van der Waals surface area contributed by atoms with Gasteiger partial charge in [0.2, 0.25) is 0 Å². The molecule has 4 saturated carbocycles. The Morgan fingerprint density at radius 2 is 1.74 bits per heavy atom. The summed E-state index contributed by atoms with van der Waals surface area (Å²) in [6.07, 6.45) is 11.9. The van der Waals surface area contributed by atoms with E-state index in [1.54, 1.807) is 18.2 Å². The lowest BCUT2D eigenvalue weighted by Crippen LogP contribution is -2.67. The molecule has 2 unspecified atom stereocenters. The van der Waals surface area contributed by atoms with Crippen molar-refractivity contribution in [1.82, 2.24) is 0 Å². The topological polar surface area (TPSA) is 113 Å². The maximum absolute atomic E-state index is 13.1. The predicted octanol–water partition coefficient (Wildman–Crippen LogP) is 7.79. The molecule has 252 valence electrons. The SMILES string of the molecule is COc1ccc(/C=C/C(=O)O[C@@H]2[C@H](O)C[C@@]3(C)C(CC[C@]4(C)C3CC=C3[C@@H]5[C@@H](C)CCC[C@]5(C(=O)O)CC[C@]34C)C2(C)C)cc1O. The molecule has 1 aromatic carbocycles. The van der Waals surface area contributed by atoms with Gasteiger partial charge >= 0.3 is 11.9 Å². The first kappa shape index (κ1) is 33.1. The van der Waals surface area contributed by atoms with Crippen LogP contribution in [0.3, 0.4) is 0 Å². The van der Waals surface area contributed by atoms with Crippen LogP contribution in [0.15, 0.2) is 35.9 Å². The molecule has 0 saturated heterocycles. The number of allylic oxidation sites excluding steroid dienone is 2. The van der Waals surface area contributed by atoms with E-state index in [1.807, 2.05) is 0 Å². The Morgan fingerprint density at radius 3 is 2.41 bits per heavy atom. The van der Waals surface area contributed by atoms with E-state index in [-0.39, 0.29) is 33.8 Å². The van der Waals surface area contributed by atoms with E-state index in [1.165, 1.54) is 24.8 Å². The van der Waals surface area contributed by atoms with Crippen molar-refractivity contribution in [2.75, 3.05) is 7.11 Å². The summed E-state index contributed by atoms with van der Waals surface area (Å²) in [5.41, 5.74) is 0.684. The molecule has 0 aliphatic heterocycles. The molecule has 3 N–H and O–H groups in total. The minimum Gasteiger partial charge on any atom is -0.504 e. The van der Waals surface area contributed by atoms with Crippen LogP contribution in [0.2, 0.25) is 0 Å². The zero-order valence-electron chi connectivity index (χ0n) is 28.8. The van der Waals surface area contributed by atoms with Crippen LogP contribution < -0.4 is 4.74 Å². The number of hydrogen-bond acceptors (Lipinski definition) is 6. The molecule has 0 amide bonds. The number of benzene rings is 1. The van der Waals surface area contributed by atoms with Crippen molar-refractivity contribution in [3.05, 3.63) is 41.5 Å². The molecule has 0 bridgehead atoms. The van der Waals surface area contributed by atoms with Gasteiger partial charge in [0.1, 0.15) is 6.10 Å². The smallest absolute Gasteiger partial charge is 0.331 e. The van der Waals surface area contributed by atoms with Gasteiger partial charge in [-0.2, -0.15) is 0 Å². The molecule has 0 aromatic heterocycles. The lowest BCUT2D eigenvalue weighted by molar-refractivity contribution is -0.238. The highest BCUT2D eigenvalue weighted by atomic mass is 16.6. The van der Waals surface area contributed by atoms with Crippen molar-refractivity contribution in [3.8, 4) is 11.5 Å². The Bertz CT molecular complexity index is 1460. The number of carbonyl (C=O) groups is 2. The number of fused-ring (bicyclic) bond motifs is 7. The Kier molecular flexibility index (Phi) is 8.02. The van der Waals surface area contributed by atoms with Gasteiger partial charge in [-0.1, -0.05) is 72.1 Å². The molecule has 5 aliphatic carbocycles. The number of esters is 1. The summed E-state index contributed by atoms with van der Waals surface area (Å²) < 4.78 is 11.2. The highest BCUT2D eigenvalue weighted by molar-refractivity contribution is 5.87.